The van der Waals surface area contributed by atoms with E-state index in [9.17, 15) is 13.2 Å². The van der Waals surface area contributed by atoms with Gasteiger partial charge in [0.1, 0.15) is 4.90 Å². The summed E-state index contributed by atoms with van der Waals surface area (Å²) in [5.74, 6) is 0.726. The lowest BCUT2D eigenvalue weighted by molar-refractivity contribution is -0.116. The van der Waals surface area contributed by atoms with Gasteiger partial charge in [0.05, 0.1) is 6.54 Å². The number of sulfonamides is 1. The third-order valence-electron chi connectivity index (χ3n) is 5.79. The van der Waals surface area contributed by atoms with Gasteiger partial charge in [-0.05, 0) is 37.1 Å². The van der Waals surface area contributed by atoms with Crippen LogP contribution in [0.4, 0.5) is 5.69 Å². The number of amides is 1. The van der Waals surface area contributed by atoms with Crippen LogP contribution in [0.25, 0.3) is 0 Å². The quantitative estimate of drug-likeness (QED) is 0.786. The molecule has 2 aromatic carbocycles. The molecule has 162 valence electrons. The van der Waals surface area contributed by atoms with Gasteiger partial charge in [-0.2, -0.15) is 8.42 Å². The number of nitrogens with zero attached hydrogens (tertiary/aromatic N) is 2. The van der Waals surface area contributed by atoms with E-state index in [1.54, 1.807) is 37.4 Å². The Morgan fingerprint density at radius 1 is 1.10 bits per heavy atom. The summed E-state index contributed by atoms with van der Waals surface area (Å²) in [4.78, 5) is 14.3. The van der Waals surface area contributed by atoms with Crippen molar-refractivity contribution in [1.29, 1.82) is 0 Å². The Labute approximate surface area is 180 Å². The van der Waals surface area contributed by atoms with Crippen LogP contribution in [-0.4, -0.2) is 44.4 Å². The van der Waals surface area contributed by atoms with Gasteiger partial charge in [0.2, 0.25) is 5.91 Å². The molecule has 1 N–H and O–H groups in total. The fraction of sp³-hybridized carbons (Fsp3) is 0.364. The van der Waals surface area contributed by atoms with Crippen LogP contribution in [0.2, 0.25) is 0 Å². The molecule has 1 spiro atoms. The van der Waals surface area contributed by atoms with Gasteiger partial charge in [0.15, 0.2) is 17.3 Å². The maximum atomic E-state index is 12.6. The van der Waals surface area contributed by atoms with Crippen LogP contribution in [0, 0.1) is 0 Å². The summed E-state index contributed by atoms with van der Waals surface area (Å²) >= 11 is 0. The van der Waals surface area contributed by atoms with E-state index in [1.165, 1.54) is 17.4 Å². The normalized spacial score (nSPS) is 19.6. The standard InChI is InChI=1S/C22H23N3O5S/c1-25(21-16-7-3-4-8-19(16)31(27,28)24-21)14-20(26)23-15-9-10-17-18(13-15)30-22(29-17)11-5-2-6-12-22/h3-4,7-10,13H,2,5-6,11-12,14H2,1H3,(H,23,26). The molecule has 0 saturated heterocycles. The summed E-state index contributed by atoms with van der Waals surface area (Å²) in [5, 5.41) is 2.84. The van der Waals surface area contributed by atoms with E-state index in [0.717, 1.165) is 25.7 Å². The molecule has 9 heteroatoms. The van der Waals surface area contributed by atoms with Crippen LogP contribution in [0.1, 0.15) is 37.7 Å². The van der Waals surface area contributed by atoms with Crippen molar-refractivity contribution in [2.75, 3.05) is 18.9 Å². The van der Waals surface area contributed by atoms with Crippen molar-refractivity contribution >= 4 is 27.5 Å². The molecular formula is C22H23N3O5S. The minimum Gasteiger partial charge on any atom is -0.448 e. The van der Waals surface area contributed by atoms with E-state index in [0.29, 0.717) is 22.7 Å². The molecule has 2 aromatic rings. The molecule has 1 fully saturated rings. The second kappa shape index (κ2) is 7.26. The van der Waals surface area contributed by atoms with Crippen LogP contribution in [-0.2, 0) is 14.8 Å². The van der Waals surface area contributed by atoms with Gasteiger partial charge < -0.3 is 19.7 Å². The zero-order chi connectivity index (χ0) is 21.6. The van der Waals surface area contributed by atoms with Crippen molar-refractivity contribution in [2.45, 2.75) is 42.8 Å². The molecule has 0 aromatic heterocycles. The third-order valence-corrected chi connectivity index (χ3v) is 7.11. The number of hydrogen-bond donors (Lipinski definition) is 1. The summed E-state index contributed by atoms with van der Waals surface area (Å²) in [5.41, 5.74) is 1.09. The zero-order valence-electron chi connectivity index (χ0n) is 17.1. The summed E-state index contributed by atoms with van der Waals surface area (Å²) in [6, 6.07) is 11.9. The molecule has 1 saturated carbocycles. The van der Waals surface area contributed by atoms with Crippen molar-refractivity contribution in [3.8, 4) is 11.5 Å². The number of amidine groups is 1. The lowest BCUT2D eigenvalue weighted by Gasteiger charge is -2.31. The predicted molar refractivity (Wildman–Crippen MR) is 115 cm³/mol. The molecule has 2 heterocycles. The Bertz CT molecular complexity index is 1190. The van der Waals surface area contributed by atoms with E-state index in [1.807, 2.05) is 6.07 Å². The first-order valence-corrected chi connectivity index (χ1v) is 11.8. The highest BCUT2D eigenvalue weighted by molar-refractivity contribution is 7.90. The number of benzene rings is 2. The summed E-state index contributed by atoms with van der Waals surface area (Å²) in [7, 11) is -2.09. The Kier molecular flexibility index (Phi) is 4.65. The van der Waals surface area contributed by atoms with Gasteiger partial charge in [-0.15, -0.1) is 4.40 Å². The highest BCUT2D eigenvalue weighted by atomic mass is 32.2. The Balaban J connectivity index is 1.27. The first-order valence-electron chi connectivity index (χ1n) is 10.3. The highest BCUT2D eigenvalue weighted by Gasteiger charge is 2.42. The van der Waals surface area contributed by atoms with Gasteiger partial charge >= 0.3 is 0 Å². The number of fused-ring (bicyclic) bond motifs is 2. The van der Waals surface area contributed by atoms with Gasteiger partial charge in [-0.3, -0.25) is 4.79 Å². The van der Waals surface area contributed by atoms with Gasteiger partial charge in [-0.25, -0.2) is 0 Å². The molecule has 0 bridgehead atoms. The molecule has 1 amide bonds. The topological polar surface area (TPSA) is 97.3 Å². The van der Waals surface area contributed by atoms with E-state index in [4.69, 9.17) is 9.47 Å². The smallest absolute Gasteiger partial charge is 0.285 e. The Morgan fingerprint density at radius 2 is 1.84 bits per heavy atom. The predicted octanol–water partition coefficient (Wildman–Crippen LogP) is 3.14. The van der Waals surface area contributed by atoms with Crippen LogP contribution < -0.4 is 14.8 Å². The molecule has 1 aliphatic carbocycles. The average molecular weight is 442 g/mol. The minimum atomic E-state index is -3.73. The maximum Gasteiger partial charge on any atom is 0.285 e. The fourth-order valence-electron chi connectivity index (χ4n) is 4.32. The number of ether oxygens (including phenoxy) is 2. The average Bonchev–Trinajstić information content (AvgIpc) is 3.22. The third kappa shape index (κ3) is 3.63. The molecule has 8 nitrogen and oxygen atoms in total. The molecule has 5 rings (SSSR count). The maximum absolute atomic E-state index is 12.6. The van der Waals surface area contributed by atoms with Crippen LogP contribution in [0.3, 0.4) is 0 Å². The first-order chi connectivity index (χ1) is 14.9. The van der Waals surface area contributed by atoms with E-state index in [2.05, 4.69) is 9.71 Å². The van der Waals surface area contributed by atoms with Gasteiger partial charge in [0, 0.05) is 37.2 Å². The molecule has 3 aliphatic rings. The largest absolute Gasteiger partial charge is 0.448 e. The number of likely N-dealkylation sites (N-methyl/N-ethyl adjacent to an activating group) is 1. The van der Waals surface area contributed by atoms with E-state index < -0.39 is 15.8 Å². The Hall–Kier alpha value is -3.07. The van der Waals surface area contributed by atoms with Crippen LogP contribution >= 0.6 is 0 Å². The van der Waals surface area contributed by atoms with E-state index in [-0.39, 0.29) is 23.2 Å². The lowest BCUT2D eigenvalue weighted by Crippen LogP contribution is -2.40. The van der Waals surface area contributed by atoms with Crippen molar-refractivity contribution in [2.24, 2.45) is 4.40 Å². The summed E-state index contributed by atoms with van der Waals surface area (Å²) in [6.45, 7) is -0.0545. The molecule has 0 unspecified atom stereocenters. The minimum absolute atomic E-state index is 0.0545. The first kappa shape index (κ1) is 19.9. The van der Waals surface area contributed by atoms with Gasteiger partial charge in [0.25, 0.3) is 15.8 Å². The second-order valence-electron chi connectivity index (χ2n) is 8.13. The number of nitrogens with one attached hydrogen (secondary N) is 1. The van der Waals surface area contributed by atoms with Gasteiger partial charge in [-0.1, -0.05) is 18.6 Å². The molecule has 31 heavy (non-hydrogen) atoms. The number of anilines is 1. The van der Waals surface area contributed by atoms with Crippen molar-refractivity contribution in [1.82, 2.24) is 4.90 Å². The monoisotopic (exact) mass is 441 g/mol. The van der Waals surface area contributed by atoms with Crippen molar-refractivity contribution in [3.05, 3.63) is 48.0 Å². The molecule has 2 aliphatic heterocycles. The van der Waals surface area contributed by atoms with Crippen LogP contribution in [0.5, 0.6) is 11.5 Å². The molecular weight excluding hydrogens is 418 g/mol. The zero-order valence-corrected chi connectivity index (χ0v) is 17.9. The fourth-order valence-corrected chi connectivity index (χ4v) is 5.57. The molecule has 0 radical (unpaired) electrons. The summed E-state index contributed by atoms with van der Waals surface area (Å²) < 4.78 is 40.5. The Morgan fingerprint density at radius 3 is 2.65 bits per heavy atom. The second-order valence-corrected chi connectivity index (χ2v) is 9.70. The SMILES string of the molecule is CN(CC(=O)Nc1ccc2c(c1)OC1(CCCCC1)O2)C1=NS(=O)(=O)c2ccccc21. The number of carbonyl (C=O) groups is 1. The number of hydrogen-bond acceptors (Lipinski definition) is 6. The van der Waals surface area contributed by atoms with E-state index >= 15 is 0 Å². The number of carbonyl (C=O) groups excluding carboxylic acids is 1. The van der Waals surface area contributed by atoms with Crippen LogP contribution in [0.15, 0.2) is 51.8 Å². The lowest BCUT2D eigenvalue weighted by atomic mass is 9.94. The summed E-state index contributed by atoms with van der Waals surface area (Å²) in [6.07, 6.45) is 5.07. The molecule has 0 atom stereocenters. The number of rotatable bonds is 3. The van der Waals surface area contributed by atoms with Crippen molar-refractivity contribution in [3.63, 3.8) is 0 Å². The highest BCUT2D eigenvalue weighted by Crippen LogP contribution is 2.46. The van der Waals surface area contributed by atoms with Crippen molar-refractivity contribution < 1.29 is 22.7 Å².